The highest BCUT2D eigenvalue weighted by Gasteiger charge is 2.44. The summed E-state index contributed by atoms with van der Waals surface area (Å²) in [6.45, 7) is 3.64. The van der Waals surface area contributed by atoms with Crippen LogP contribution >= 0.6 is 11.6 Å². The average molecular weight is 333 g/mol. The fourth-order valence-electron chi connectivity index (χ4n) is 2.18. The number of carbonyl (C=O) groups is 1. The third-order valence-corrected chi connectivity index (χ3v) is 4.53. The summed E-state index contributed by atoms with van der Waals surface area (Å²) < 4.78 is 27.4. The molecule has 0 radical (unpaired) electrons. The fraction of sp³-hybridized carbons (Fsp3) is 0.538. The van der Waals surface area contributed by atoms with Crippen LogP contribution in [0.25, 0.3) is 0 Å². The first kappa shape index (κ1) is 16.2. The smallest absolute Gasteiger partial charge is 0.239 e. The van der Waals surface area contributed by atoms with E-state index in [2.05, 4.69) is 4.98 Å². The predicted molar refractivity (Wildman–Crippen MR) is 80.3 cm³/mol. The Morgan fingerprint density at radius 2 is 2.10 bits per heavy atom. The molecule has 21 heavy (non-hydrogen) atoms. The highest BCUT2D eigenvalue weighted by Crippen LogP contribution is 2.41. The Balaban J connectivity index is 2.14. The highest BCUT2D eigenvalue weighted by molar-refractivity contribution is 7.90. The molecule has 0 unspecified atom stereocenters. The van der Waals surface area contributed by atoms with E-state index in [1.165, 1.54) is 4.90 Å². The van der Waals surface area contributed by atoms with Gasteiger partial charge in [0.05, 0.1) is 23.5 Å². The number of sulfone groups is 1. The number of amides is 1. The molecule has 1 aromatic heterocycles. The van der Waals surface area contributed by atoms with Crippen LogP contribution in [0.1, 0.15) is 19.4 Å². The van der Waals surface area contributed by atoms with E-state index >= 15 is 0 Å². The molecule has 0 aliphatic carbocycles. The van der Waals surface area contributed by atoms with Gasteiger partial charge in [0.25, 0.3) is 0 Å². The summed E-state index contributed by atoms with van der Waals surface area (Å²) in [5, 5.41) is 0.292. The van der Waals surface area contributed by atoms with Crippen molar-refractivity contribution in [1.29, 1.82) is 0 Å². The molecule has 1 aromatic rings. The number of fused-ring (bicyclic) bond motifs is 1. The quantitative estimate of drug-likeness (QED) is 0.601. The number of hydrogen-bond donors (Lipinski definition) is 0. The second-order valence-corrected chi connectivity index (χ2v) is 8.20. The van der Waals surface area contributed by atoms with Gasteiger partial charge in [-0.05, 0) is 19.9 Å². The van der Waals surface area contributed by atoms with Crippen molar-refractivity contribution in [1.82, 2.24) is 4.98 Å². The molecule has 8 heteroatoms. The number of hydrogen-bond acceptors (Lipinski definition) is 5. The zero-order valence-corrected chi connectivity index (χ0v) is 13.7. The molecule has 0 spiro atoms. The van der Waals surface area contributed by atoms with Crippen LogP contribution in [0.5, 0.6) is 0 Å². The molecule has 0 saturated carbocycles. The van der Waals surface area contributed by atoms with Gasteiger partial charge in [-0.3, -0.25) is 9.69 Å². The molecule has 0 saturated heterocycles. The van der Waals surface area contributed by atoms with Crippen molar-refractivity contribution in [2.75, 3.05) is 30.2 Å². The predicted octanol–water partition coefficient (Wildman–Crippen LogP) is 1.38. The number of halogens is 1. The van der Waals surface area contributed by atoms with Gasteiger partial charge in [-0.1, -0.05) is 11.6 Å². The first-order chi connectivity index (χ1) is 9.63. The number of carbonyl (C=O) groups excluding carboxylic acids is 1. The van der Waals surface area contributed by atoms with Crippen molar-refractivity contribution in [3.8, 4) is 0 Å². The standard InChI is InChI=1S/C13H17ClN2O4S/c1-13(2)9-7-15-11(14)6-10(9)16(12(13)17)8-20-4-5-21(3,18)19/h6-7H,4-5,8H2,1-3H3. The lowest BCUT2D eigenvalue weighted by molar-refractivity contribution is -0.123. The van der Waals surface area contributed by atoms with Crippen LogP contribution in [0.3, 0.4) is 0 Å². The van der Waals surface area contributed by atoms with Crippen molar-refractivity contribution in [2.45, 2.75) is 19.3 Å². The van der Waals surface area contributed by atoms with Crippen LogP contribution in [0.2, 0.25) is 5.15 Å². The number of ether oxygens (including phenoxy) is 1. The van der Waals surface area contributed by atoms with Gasteiger partial charge in [-0.15, -0.1) is 0 Å². The van der Waals surface area contributed by atoms with Crippen LogP contribution in [0.4, 0.5) is 5.69 Å². The van der Waals surface area contributed by atoms with Gasteiger partial charge in [0.1, 0.15) is 21.7 Å². The number of nitrogens with zero attached hydrogens (tertiary/aromatic N) is 2. The number of aromatic nitrogens is 1. The Morgan fingerprint density at radius 3 is 2.71 bits per heavy atom. The zero-order chi connectivity index (χ0) is 15.8. The first-order valence-corrected chi connectivity index (χ1v) is 8.80. The van der Waals surface area contributed by atoms with E-state index in [4.69, 9.17) is 16.3 Å². The second kappa shape index (κ2) is 5.55. The van der Waals surface area contributed by atoms with Gasteiger partial charge in [0.15, 0.2) is 0 Å². The van der Waals surface area contributed by atoms with Crippen LogP contribution in [-0.2, 0) is 24.8 Å². The van der Waals surface area contributed by atoms with Crippen molar-refractivity contribution in [3.05, 3.63) is 23.0 Å². The Morgan fingerprint density at radius 1 is 1.43 bits per heavy atom. The number of pyridine rings is 1. The molecule has 0 aromatic carbocycles. The summed E-state index contributed by atoms with van der Waals surface area (Å²) in [7, 11) is -3.08. The van der Waals surface area contributed by atoms with Crippen LogP contribution in [-0.4, -0.2) is 44.7 Å². The van der Waals surface area contributed by atoms with Crippen LogP contribution in [0.15, 0.2) is 12.3 Å². The lowest BCUT2D eigenvalue weighted by atomic mass is 9.87. The van der Waals surface area contributed by atoms with E-state index in [1.807, 2.05) is 0 Å². The van der Waals surface area contributed by atoms with Crippen molar-refractivity contribution < 1.29 is 17.9 Å². The summed E-state index contributed by atoms with van der Waals surface area (Å²) in [6.07, 6.45) is 2.73. The number of anilines is 1. The Hall–Kier alpha value is -1.18. The van der Waals surface area contributed by atoms with Crippen molar-refractivity contribution in [2.24, 2.45) is 0 Å². The summed E-state index contributed by atoms with van der Waals surface area (Å²) in [5.74, 6) is -0.205. The summed E-state index contributed by atoms with van der Waals surface area (Å²) in [5.41, 5.74) is 0.737. The first-order valence-electron chi connectivity index (χ1n) is 6.36. The molecule has 1 aliphatic rings. The molecule has 0 atom stereocenters. The molecule has 0 N–H and O–H groups in total. The van der Waals surface area contributed by atoms with Crippen molar-refractivity contribution >= 4 is 33.0 Å². The maximum absolute atomic E-state index is 12.4. The van der Waals surface area contributed by atoms with Crippen LogP contribution < -0.4 is 4.90 Å². The molecular formula is C13H17ClN2O4S. The Labute approximate surface area is 129 Å². The van der Waals surface area contributed by atoms with Gasteiger partial charge >= 0.3 is 0 Å². The normalized spacial score (nSPS) is 17.1. The average Bonchev–Trinajstić information content (AvgIpc) is 2.53. The van der Waals surface area contributed by atoms with Gasteiger partial charge in [0.2, 0.25) is 5.91 Å². The molecule has 0 bridgehead atoms. The molecule has 2 rings (SSSR count). The largest absolute Gasteiger partial charge is 0.360 e. The van der Waals surface area contributed by atoms with Gasteiger partial charge < -0.3 is 4.74 Å². The van der Waals surface area contributed by atoms with Gasteiger partial charge in [0, 0.05) is 18.0 Å². The minimum Gasteiger partial charge on any atom is -0.360 e. The Bertz CT molecular complexity index is 673. The third kappa shape index (κ3) is 3.36. The maximum Gasteiger partial charge on any atom is 0.239 e. The van der Waals surface area contributed by atoms with E-state index in [1.54, 1.807) is 26.1 Å². The molecule has 116 valence electrons. The summed E-state index contributed by atoms with van der Waals surface area (Å²) in [4.78, 5) is 17.9. The molecule has 6 nitrogen and oxygen atoms in total. The molecular weight excluding hydrogens is 316 g/mol. The second-order valence-electron chi connectivity index (χ2n) is 5.55. The lowest BCUT2D eigenvalue weighted by Crippen LogP contribution is -2.37. The number of rotatable bonds is 5. The van der Waals surface area contributed by atoms with E-state index in [0.29, 0.717) is 10.8 Å². The monoisotopic (exact) mass is 332 g/mol. The highest BCUT2D eigenvalue weighted by atomic mass is 35.5. The molecule has 1 aliphatic heterocycles. The molecule has 1 amide bonds. The van der Waals surface area contributed by atoms with Crippen LogP contribution in [0, 0.1) is 0 Å². The van der Waals surface area contributed by atoms with E-state index < -0.39 is 15.3 Å². The third-order valence-electron chi connectivity index (χ3n) is 3.41. The zero-order valence-electron chi connectivity index (χ0n) is 12.1. The molecule has 0 fully saturated rings. The van der Waals surface area contributed by atoms with Gasteiger partial charge in [-0.25, -0.2) is 13.4 Å². The molecule has 2 heterocycles. The van der Waals surface area contributed by atoms with Crippen molar-refractivity contribution in [3.63, 3.8) is 0 Å². The topological polar surface area (TPSA) is 76.6 Å². The SMILES string of the molecule is CC1(C)C(=O)N(COCCS(C)(=O)=O)c2cc(Cl)ncc21. The maximum atomic E-state index is 12.4. The minimum absolute atomic E-state index is 0.00880. The lowest BCUT2D eigenvalue weighted by Gasteiger charge is -2.20. The fourth-order valence-corrected chi connectivity index (χ4v) is 2.75. The van der Waals surface area contributed by atoms with E-state index in [9.17, 15) is 13.2 Å². The summed E-state index contributed by atoms with van der Waals surface area (Å²) >= 11 is 5.88. The summed E-state index contributed by atoms with van der Waals surface area (Å²) in [6, 6.07) is 1.61. The Kier molecular flexibility index (Phi) is 4.28. The minimum atomic E-state index is -3.08. The van der Waals surface area contributed by atoms with E-state index in [-0.39, 0.29) is 25.0 Å². The van der Waals surface area contributed by atoms with Gasteiger partial charge in [-0.2, -0.15) is 0 Å². The van der Waals surface area contributed by atoms with E-state index in [0.717, 1.165) is 11.8 Å².